The number of nitrogens with one attached hydrogen (secondary N) is 1. The minimum Gasteiger partial charge on any atom is -0.469 e. The van der Waals surface area contributed by atoms with Crippen LogP contribution in [0.1, 0.15) is 38.3 Å². The zero-order valence-electron chi connectivity index (χ0n) is 17.1. The largest absolute Gasteiger partial charge is 0.469 e. The van der Waals surface area contributed by atoms with Gasteiger partial charge in [-0.15, -0.1) is 0 Å². The van der Waals surface area contributed by atoms with E-state index in [1.807, 2.05) is 12.4 Å². The van der Waals surface area contributed by atoms with Gasteiger partial charge in [0.25, 0.3) is 0 Å². The molecule has 1 saturated heterocycles. The minimum absolute atomic E-state index is 0.0220. The number of rotatable bonds is 6. The molecule has 3 heterocycles. The van der Waals surface area contributed by atoms with Gasteiger partial charge in [-0.1, -0.05) is 25.5 Å². The third-order valence-corrected chi connectivity index (χ3v) is 5.75. The number of hydrogen-bond donors (Lipinski definition) is 1. The van der Waals surface area contributed by atoms with E-state index < -0.39 is 0 Å². The summed E-state index contributed by atoms with van der Waals surface area (Å²) < 4.78 is 4.93. The van der Waals surface area contributed by atoms with Crippen LogP contribution in [0.3, 0.4) is 0 Å². The number of H-pyrrole nitrogens is 1. The molecule has 29 heavy (non-hydrogen) atoms. The highest BCUT2D eigenvalue weighted by Crippen LogP contribution is 2.32. The molecule has 0 amide bonds. The number of anilines is 1. The molecule has 0 aliphatic carbocycles. The third kappa shape index (κ3) is 4.11. The quantitative estimate of drug-likeness (QED) is 0.631. The predicted octanol–water partition coefficient (Wildman–Crippen LogP) is 4.36. The van der Waals surface area contributed by atoms with E-state index in [-0.39, 0.29) is 11.9 Å². The summed E-state index contributed by atoms with van der Waals surface area (Å²) in [5.41, 5.74) is 4.08. The van der Waals surface area contributed by atoms with Crippen molar-refractivity contribution in [3.63, 3.8) is 0 Å². The molecule has 1 aliphatic heterocycles. The van der Waals surface area contributed by atoms with Crippen LogP contribution in [0.4, 0.5) is 5.82 Å². The first-order valence-electron chi connectivity index (χ1n) is 10.5. The van der Waals surface area contributed by atoms with Gasteiger partial charge in [-0.3, -0.25) is 9.78 Å². The van der Waals surface area contributed by atoms with E-state index >= 15 is 0 Å². The maximum atomic E-state index is 11.9. The number of aryl methyl sites for hydroxylation is 1. The Morgan fingerprint density at radius 2 is 2.10 bits per heavy atom. The summed E-state index contributed by atoms with van der Waals surface area (Å²) in [4.78, 5) is 27.3. The monoisotopic (exact) mass is 392 g/mol. The zero-order valence-corrected chi connectivity index (χ0v) is 17.1. The molecule has 0 radical (unpaired) electrons. The maximum absolute atomic E-state index is 11.9. The summed E-state index contributed by atoms with van der Waals surface area (Å²) in [6.07, 6.45) is 8.59. The highest BCUT2D eigenvalue weighted by molar-refractivity contribution is 5.86. The smallest absolute Gasteiger partial charge is 0.308 e. The summed E-state index contributed by atoms with van der Waals surface area (Å²) in [6.45, 7) is 3.75. The highest BCUT2D eigenvalue weighted by atomic mass is 16.5. The SMILES string of the molecule is CCCCc1cnc(-c2ccc3cc[nH]c3c2)c(N2CCC(C(=O)OC)CC2)n1. The standard InChI is InChI=1S/C23H28N4O2/c1-3-4-5-19-15-25-21(18-7-6-16-8-11-24-20(16)14-18)22(26-19)27-12-9-17(10-13-27)23(28)29-2/h6-8,11,14-15,17,24H,3-5,9-10,12-13H2,1-2H3. The Morgan fingerprint density at radius 1 is 1.28 bits per heavy atom. The van der Waals surface area contributed by atoms with E-state index in [9.17, 15) is 4.79 Å². The first-order chi connectivity index (χ1) is 14.2. The number of esters is 1. The van der Waals surface area contributed by atoms with Crippen LogP contribution in [-0.2, 0) is 16.0 Å². The predicted molar refractivity (Wildman–Crippen MR) is 115 cm³/mol. The molecule has 2 aromatic heterocycles. The second-order valence-electron chi connectivity index (χ2n) is 7.70. The van der Waals surface area contributed by atoms with Gasteiger partial charge in [0, 0.05) is 36.6 Å². The van der Waals surface area contributed by atoms with Crippen LogP contribution >= 0.6 is 0 Å². The van der Waals surface area contributed by atoms with Crippen molar-refractivity contribution in [1.82, 2.24) is 15.0 Å². The summed E-state index contributed by atoms with van der Waals surface area (Å²) in [7, 11) is 1.46. The molecular formula is C23H28N4O2. The van der Waals surface area contributed by atoms with Crippen molar-refractivity contribution in [1.29, 1.82) is 0 Å². The molecule has 1 aliphatic rings. The fraction of sp³-hybridized carbons (Fsp3) is 0.435. The Balaban J connectivity index is 1.67. The summed E-state index contributed by atoms with van der Waals surface area (Å²) in [6, 6.07) is 8.42. The normalized spacial score (nSPS) is 15.0. The van der Waals surface area contributed by atoms with Crippen LogP contribution in [0.2, 0.25) is 0 Å². The van der Waals surface area contributed by atoms with Crippen molar-refractivity contribution in [2.75, 3.05) is 25.1 Å². The van der Waals surface area contributed by atoms with Gasteiger partial charge in [0.15, 0.2) is 5.82 Å². The van der Waals surface area contributed by atoms with Crippen molar-refractivity contribution >= 4 is 22.7 Å². The van der Waals surface area contributed by atoms with E-state index in [1.54, 1.807) is 0 Å². The Morgan fingerprint density at radius 3 is 2.86 bits per heavy atom. The average molecular weight is 393 g/mol. The van der Waals surface area contributed by atoms with Gasteiger partial charge in [-0.05, 0) is 43.2 Å². The summed E-state index contributed by atoms with van der Waals surface area (Å²) in [5.74, 6) is 0.795. The Labute approximate surface area is 171 Å². The van der Waals surface area contributed by atoms with Crippen molar-refractivity contribution in [3.8, 4) is 11.3 Å². The Hall–Kier alpha value is -2.89. The fourth-order valence-corrected chi connectivity index (χ4v) is 4.01. The zero-order chi connectivity index (χ0) is 20.2. The number of unbranched alkanes of at least 4 members (excludes halogenated alkanes) is 1. The fourth-order valence-electron chi connectivity index (χ4n) is 4.01. The number of aromatic nitrogens is 3. The highest BCUT2D eigenvalue weighted by Gasteiger charge is 2.28. The van der Waals surface area contributed by atoms with Gasteiger partial charge < -0.3 is 14.6 Å². The van der Waals surface area contributed by atoms with Crippen molar-refractivity contribution in [3.05, 3.63) is 42.4 Å². The van der Waals surface area contributed by atoms with Crippen molar-refractivity contribution in [2.24, 2.45) is 5.92 Å². The van der Waals surface area contributed by atoms with Gasteiger partial charge in [-0.2, -0.15) is 0 Å². The van der Waals surface area contributed by atoms with Crippen LogP contribution in [0.15, 0.2) is 36.7 Å². The van der Waals surface area contributed by atoms with E-state index in [4.69, 9.17) is 14.7 Å². The molecule has 0 atom stereocenters. The number of hydrogen-bond acceptors (Lipinski definition) is 5. The van der Waals surface area contributed by atoms with Crippen LogP contribution in [0.25, 0.3) is 22.2 Å². The van der Waals surface area contributed by atoms with Crippen LogP contribution in [0.5, 0.6) is 0 Å². The maximum Gasteiger partial charge on any atom is 0.308 e. The lowest BCUT2D eigenvalue weighted by Gasteiger charge is -2.32. The molecule has 0 saturated carbocycles. The van der Waals surface area contributed by atoms with Crippen LogP contribution < -0.4 is 4.90 Å². The first kappa shape index (κ1) is 19.4. The molecule has 6 heteroatoms. The van der Waals surface area contributed by atoms with E-state index in [0.29, 0.717) is 0 Å². The molecule has 3 aromatic rings. The average Bonchev–Trinajstić information content (AvgIpc) is 3.25. The summed E-state index contributed by atoms with van der Waals surface area (Å²) >= 11 is 0. The summed E-state index contributed by atoms with van der Waals surface area (Å²) in [5, 5.41) is 1.18. The third-order valence-electron chi connectivity index (χ3n) is 5.75. The Kier molecular flexibility index (Phi) is 5.79. The first-order valence-corrected chi connectivity index (χ1v) is 10.5. The van der Waals surface area contributed by atoms with Gasteiger partial charge >= 0.3 is 5.97 Å². The van der Waals surface area contributed by atoms with Gasteiger partial charge in [0.05, 0.1) is 18.7 Å². The molecule has 6 nitrogen and oxygen atoms in total. The second-order valence-corrected chi connectivity index (χ2v) is 7.70. The van der Waals surface area contributed by atoms with E-state index in [0.717, 1.165) is 73.5 Å². The lowest BCUT2D eigenvalue weighted by molar-refractivity contribution is -0.146. The van der Waals surface area contributed by atoms with Crippen LogP contribution in [0, 0.1) is 5.92 Å². The molecule has 4 rings (SSSR count). The molecule has 0 spiro atoms. The number of nitrogens with zero attached hydrogens (tertiary/aromatic N) is 3. The number of carbonyl (C=O) groups excluding carboxylic acids is 1. The lowest BCUT2D eigenvalue weighted by Crippen LogP contribution is -2.37. The number of fused-ring (bicyclic) bond motifs is 1. The molecule has 1 fully saturated rings. The van der Waals surface area contributed by atoms with Gasteiger partial charge in [0.1, 0.15) is 5.69 Å². The minimum atomic E-state index is -0.107. The van der Waals surface area contributed by atoms with E-state index in [1.165, 1.54) is 12.5 Å². The number of carbonyl (C=O) groups is 1. The second kappa shape index (κ2) is 8.64. The number of methoxy groups -OCH3 is 1. The van der Waals surface area contributed by atoms with Crippen molar-refractivity contribution in [2.45, 2.75) is 39.0 Å². The topological polar surface area (TPSA) is 71.1 Å². The van der Waals surface area contributed by atoms with Crippen LogP contribution in [-0.4, -0.2) is 41.1 Å². The van der Waals surface area contributed by atoms with Crippen molar-refractivity contribution < 1.29 is 9.53 Å². The molecule has 1 N–H and O–H groups in total. The number of benzene rings is 1. The molecule has 152 valence electrons. The lowest BCUT2D eigenvalue weighted by atomic mass is 9.96. The molecule has 1 aromatic carbocycles. The van der Waals surface area contributed by atoms with E-state index in [2.05, 4.69) is 41.1 Å². The number of aromatic amines is 1. The Bertz CT molecular complexity index is 989. The van der Waals surface area contributed by atoms with Gasteiger partial charge in [-0.25, -0.2) is 4.98 Å². The number of ether oxygens (including phenoxy) is 1. The molecule has 0 unspecified atom stereocenters. The molecular weight excluding hydrogens is 364 g/mol. The molecule has 0 bridgehead atoms. The number of piperidine rings is 1. The van der Waals surface area contributed by atoms with Gasteiger partial charge in [0.2, 0.25) is 0 Å².